The summed E-state index contributed by atoms with van der Waals surface area (Å²) in [6.45, 7) is 2.05. The van der Waals surface area contributed by atoms with Crippen molar-refractivity contribution in [3.63, 3.8) is 0 Å². The molecule has 1 amide bonds. The second-order valence-corrected chi connectivity index (χ2v) is 8.18. The molecule has 2 aromatic rings. The van der Waals surface area contributed by atoms with Gasteiger partial charge in [0.05, 0.1) is 11.7 Å². The van der Waals surface area contributed by atoms with Gasteiger partial charge in [-0.3, -0.25) is 4.79 Å². The maximum atomic E-state index is 12.5. The van der Waals surface area contributed by atoms with E-state index in [1.165, 1.54) is 5.56 Å². The van der Waals surface area contributed by atoms with Crippen molar-refractivity contribution in [1.82, 2.24) is 15.3 Å². The van der Waals surface area contributed by atoms with E-state index in [2.05, 4.69) is 27.3 Å². The highest BCUT2D eigenvalue weighted by Gasteiger charge is 2.26. The summed E-state index contributed by atoms with van der Waals surface area (Å²) >= 11 is 0. The van der Waals surface area contributed by atoms with Crippen LogP contribution in [0.2, 0.25) is 0 Å². The first kappa shape index (κ1) is 19.8. The molecular formula is C23H30N4O2. The van der Waals surface area contributed by atoms with Crippen LogP contribution in [0.1, 0.15) is 55.0 Å². The number of aliphatic hydroxyl groups excluding tert-OH is 1. The fourth-order valence-electron chi connectivity index (χ4n) is 4.32. The monoisotopic (exact) mass is 394 g/mol. The summed E-state index contributed by atoms with van der Waals surface area (Å²) in [5, 5.41) is 12.5. The number of carbonyl (C=O) groups is 1. The van der Waals surface area contributed by atoms with Gasteiger partial charge in [-0.05, 0) is 50.0 Å². The fourth-order valence-corrected chi connectivity index (χ4v) is 4.32. The minimum atomic E-state index is 0.0104. The van der Waals surface area contributed by atoms with Gasteiger partial charge in [0.2, 0.25) is 11.9 Å². The summed E-state index contributed by atoms with van der Waals surface area (Å²) in [6.07, 6.45) is 8.04. The Morgan fingerprint density at radius 3 is 2.72 bits per heavy atom. The number of rotatable bonds is 6. The molecule has 1 saturated heterocycles. The number of fused-ring (bicyclic) bond motifs is 1. The number of hydrogen-bond acceptors (Lipinski definition) is 5. The number of nitrogens with one attached hydrogen (secondary N) is 1. The molecule has 1 aromatic carbocycles. The van der Waals surface area contributed by atoms with Crippen LogP contribution in [0.5, 0.6) is 0 Å². The summed E-state index contributed by atoms with van der Waals surface area (Å²) < 4.78 is 0. The van der Waals surface area contributed by atoms with E-state index in [1.807, 2.05) is 24.4 Å². The molecule has 1 aliphatic carbocycles. The van der Waals surface area contributed by atoms with Crippen molar-refractivity contribution < 1.29 is 9.90 Å². The topological polar surface area (TPSA) is 78.4 Å². The number of anilines is 1. The number of aliphatic hydroxyl groups is 1. The van der Waals surface area contributed by atoms with Gasteiger partial charge < -0.3 is 15.3 Å². The van der Waals surface area contributed by atoms with Gasteiger partial charge in [0.1, 0.15) is 0 Å². The molecule has 0 unspecified atom stereocenters. The fraction of sp³-hybridized carbons (Fsp3) is 0.522. The molecule has 6 nitrogen and oxygen atoms in total. The zero-order valence-electron chi connectivity index (χ0n) is 16.9. The van der Waals surface area contributed by atoms with Crippen molar-refractivity contribution in [1.29, 1.82) is 0 Å². The van der Waals surface area contributed by atoms with Gasteiger partial charge in [-0.15, -0.1) is 0 Å². The van der Waals surface area contributed by atoms with E-state index in [0.717, 1.165) is 68.8 Å². The second kappa shape index (κ2) is 9.35. The average molecular weight is 395 g/mol. The minimum absolute atomic E-state index is 0.0104. The standard InChI is InChI=1S/C23H30N4O2/c28-16-18-11-13-27(14-12-18)23-24-15-19-20(7-4-8-21(19)26-23)25-22(29)10-9-17-5-2-1-3-6-17/h1-3,5-6,15,18,20,28H,4,7-14,16H2,(H,25,29)/t20-/m1/s1. The summed E-state index contributed by atoms with van der Waals surface area (Å²) in [5.41, 5.74) is 3.32. The van der Waals surface area contributed by atoms with E-state index < -0.39 is 0 Å². The number of hydrogen-bond donors (Lipinski definition) is 2. The summed E-state index contributed by atoms with van der Waals surface area (Å²) in [6, 6.07) is 10.1. The molecule has 1 fully saturated rings. The lowest BCUT2D eigenvalue weighted by Gasteiger charge is -2.32. The zero-order chi connectivity index (χ0) is 20.1. The highest BCUT2D eigenvalue weighted by Crippen LogP contribution is 2.30. The van der Waals surface area contributed by atoms with Crippen molar-refractivity contribution in [2.45, 2.75) is 51.0 Å². The van der Waals surface area contributed by atoms with Crippen LogP contribution in [-0.4, -0.2) is 40.7 Å². The highest BCUT2D eigenvalue weighted by atomic mass is 16.3. The van der Waals surface area contributed by atoms with Gasteiger partial charge in [-0.2, -0.15) is 0 Å². The number of aryl methyl sites for hydroxylation is 2. The van der Waals surface area contributed by atoms with Crippen LogP contribution >= 0.6 is 0 Å². The Balaban J connectivity index is 1.37. The van der Waals surface area contributed by atoms with Gasteiger partial charge in [0.25, 0.3) is 0 Å². The molecule has 6 heteroatoms. The molecule has 1 aliphatic heterocycles. The summed E-state index contributed by atoms with van der Waals surface area (Å²) in [4.78, 5) is 24.2. The Labute approximate surface area is 172 Å². The Morgan fingerprint density at radius 2 is 1.97 bits per heavy atom. The lowest BCUT2D eigenvalue weighted by atomic mass is 9.92. The third-order valence-electron chi connectivity index (χ3n) is 6.14. The number of nitrogens with zero attached hydrogens (tertiary/aromatic N) is 3. The predicted molar refractivity (Wildman–Crippen MR) is 113 cm³/mol. The largest absolute Gasteiger partial charge is 0.396 e. The van der Waals surface area contributed by atoms with E-state index >= 15 is 0 Å². The van der Waals surface area contributed by atoms with Crippen molar-refractivity contribution in [2.75, 3.05) is 24.6 Å². The lowest BCUT2D eigenvalue weighted by molar-refractivity contribution is -0.121. The molecular weight excluding hydrogens is 364 g/mol. The van der Waals surface area contributed by atoms with E-state index in [4.69, 9.17) is 4.98 Å². The third-order valence-corrected chi connectivity index (χ3v) is 6.14. The van der Waals surface area contributed by atoms with Gasteiger partial charge in [-0.25, -0.2) is 9.97 Å². The van der Waals surface area contributed by atoms with Crippen LogP contribution in [0, 0.1) is 5.92 Å². The number of piperidine rings is 1. The van der Waals surface area contributed by atoms with Crippen molar-refractivity contribution in [3.8, 4) is 0 Å². The first-order chi connectivity index (χ1) is 14.2. The number of aromatic nitrogens is 2. The van der Waals surface area contributed by atoms with Crippen LogP contribution in [0.15, 0.2) is 36.5 Å². The second-order valence-electron chi connectivity index (χ2n) is 8.18. The molecule has 154 valence electrons. The Bertz CT molecular complexity index is 819. The molecule has 2 heterocycles. The SMILES string of the molecule is O=C(CCc1ccccc1)N[C@@H]1CCCc2nc(N3CCC(CO)CC3)ncc21. The van der Waals surface area contributed by atoms with E-state index in [0.29, 0.717) is 12.3 Å². The first-order valence-corrected chi connectivity index (χ1v) is 10.8. The maximum Gasteiger partial charge on any atom is 0.225 e. The van der Waals surface area contributed by atoms with Crippen molar-refractivity contribution in [3.05, 3.63) is 53.3 Å². The van der Waals surface area contributed by atoms with E-state index in [1.54, 1.807) is 0 Å². The molecule has 2 aliphatic rings. The first-order valence-electron chi connectivity index (χ1n) is 10.8. The number of benzene rings is 1. The number of amides is 1. The highest BCUT2D eigenvalue weighted by molar-refractivity contribution is 5.76. The van der Waals surface area contributed by atoms with Crippen LogP contribution in [0.3, 0.4) is 0 Å². The molecule has 0 radical (unpaired) electrons. The summed E-state index contributed by atoms with van der Waals surface area (Å²) in [5.74, 6) is 1.28. The Morgan fingerprint density at radius 1 is 1.17 bits per heavy atom. The zero-order valence-corrected chi connectivity index (χ0v) is 16.9. The molecule has 1 aromatic heterocycles. The van der Waals surface area contributed by atoms with Gasteiger partial charge in [0.15, 0.2) is 0 Å². The predicted octanol–water partition coefficient (Wildman–Crippen LogP) is 2.81. The molecule has 4 rings (SSSR count). The van der Waals surface area contributed by atoms with Crippen molar-refractivity contribution in [2.24, 2.45) is 5.92 Å². The van der Waals surface area contributed by atoms with Gasteiger partial charge >= 0.3 is 0 Å². The van der Waals surface area contributed by atoms with Crippen LogP contribution in [0.4, 0.5) is 5.95 Å². The maximum absolute atomic E-state index is 12.5. The van der Waals surface area contributed by atoms with Crippen LogP contribution < -0.4 is 10.2 Å². The lowest BCUT2D eigenvalue weighted by Crippen LogP contribution is -2.36. The smallest absolute Gasteiger partial charge is 0.225 e. The Kier molecular flexibility index (Phi) is 6.39. The quantitative estimate of drug-likeness (QED) is 0.788. The van der Waals surface area contributed by atoms with Crippen molar-refractivity contribution >= 4 is 11.9 Å². The van der Waals surface area contributed by atoms with Gasteiger partial charge in [0, 0.05) is 37.9 Å². The van der Waals surface area contributed by atoms with E-state index in [-0.39, 0.29) is 18.6 Å². The molecule has 2 N–H and O–H groups in total. The normalized spacial score (nSPS) is 19.6. The van der Waals surface area contributed by atoms with Crippen LogP contribution in [-0.2, 0) is 17.6 Å². The molecule has 0 saturated carbocycles. The molecule has 29 heavy (non-hydrogen) atoms. The third kappa shape index (κ3) is 4.93. The Hall–Kier alpha value is -2.47. The molecule has 1 atom stereocenters. The van der Waals surface area contributed by atoms with Gasteiger partial charge in [-0.1, -0.05) is 30.3 Å². The molecule has 0 bridgehead atoms. The van der Waals surface area contributed by atoms with Crippen LogP contribution in [0.25, 0.3) is 0 Å². The summed E-state index contributed by atoms with van der Waals surface area (Å²) in [7, 11) is 0. The minimum Gasteiger partial charge on any atom is -0.396 e. The number of carbonyl (C=O) groups excluding carboxylic acids is 1. The molecule has 0 spiro atoms. The average Bonchev–Trinajstić information content (AvgIpc) is 2.78. The van der Waals surface area contributed by atoms with E-state index in [9.17, 15) is 9.90 Å².